The molecule has 0 radical (unpaired) electrons. The standard InChI is InChI=1S/C16H31NO2/c1-16(2,3)19-15(18)17-13-11-9-7-5-4-6-8-10-12-14-17/h4-14H2,1-3H3. The molecule has 3 heteroatoms. The van der Waals surface area contributed by atoms with Crippen molar-refractivity contribution in [3.63, 3.8) is 0 Å². The molecule has 1 aliphatic heterocycles. The molecule has 1 saturated heterocycles. The van der Waals surface area contributed by atoms with Crippen molar-refractivity contribution in [3.8, 4) is 0 Å². The zero-order valence-corrected chi connectivity index (χ0v) is 13.0. The van der Waals surface area contributed by atoms with Gasteiger partial charge in [0.25, 0.3) is 0 Å². The van der Waals surface area contributed by atoms with E-state index in [1.165, 1.54) is 44.9 Å². The van der Waals surface area contributed by atoms with Gasteiger partial charge in [-0.25, -0.2) is 4.79 Å². The van der Waals surface area contributed by atoms with Gasteiger partial charge in [0.15, 0.2) is 0 Å². The van der Waals surface area contributed by atoms with Gasteiger partial charge in [-0.15, -0.1) is 0 Å². The molecule has 0 N–H and O–H groups in total. The van der Waals surface area contributed by atoms with Crippen molar-refractivity contribution in [2.45, 2.75) is 84.2 Å². The highest BCUT2D eigenvalue weighted by molar-refractivity contribution is 5.68. The average molecular weight is 269 g/mol. The zero-order valence-electron chi connectivity index (χ0n) is 13.0. The highest BCUT2D eigenvalue weighted by Gasteiger charge is 2.21. The van der Waals surface area contributed by atoms with Crippen LogP contribution in [-0.2, 0) is 4.74 Å². The molecule has 1 rings (SSSR count). The number of ether oxygens (including phenoxy) is 1. The molecule has 0 bridgehead atoms. The minimum atomic E-state index is -0.388. The fourth-order valence-electron chi connectivity index (χ4n) is 2.46. The van der Waals surface area contributed by atoms with E-state index in [0.717, 1.165) is 25.9 Å². The summed E-state index contributed by atoms with van der Waals surface area (Å²) in [5.74, 6) is 0. The predicted octanol–water partition coefficient (Wildman–Crippen LogP) is 4.75. The first-order valence-corrected chi connectivity index (χ1v) is 7.97. The van der Waals surface area contributed by atoms with Gasteiger partial charge >= 0.3 is 6.09 Å². The van der Waals surface area contributed by atoms with Gasteiger partial charge in [-0.1, -0.05) is 44.9 Å². The van der Waals surface area contributed by atoms with Gasteiger partial charge in [-0.05, 0) is 33.6 Å². The first-order chi connectivity index (χ1) is 8.99. The number of carbonyl (C=O) groups excluding carboxylic acids is 1. The van der Waals surface area contributed by atoms with Gasteiger partial charge in [0, 0.05) is 13.1 Å². The van der Waals surface area contributed by atoms with E-state index in [4.69, 9.17) is 4.74 Å². The lowest BCUT2D eigenvalue weighted by Crippen LogP contribution is -2.38. The number of carbonyl (C=O) groups is 1. The molecule has 0 aromatic rings. The molecule has 0 spiro atoms. The summed E-state index contributed by atoms with van der Waals surface area (Å²) in [6.07, 6.45) is 11.3. The summed E-state index contributed by atoms with van der Waals surface area (Å²) in [5, 5.41) is 0. The van der Waals surface area contributed by atoms with E-state index in [-0.39, 0.29) is 11.7 Å². The first kappa shape index (κ1) is 16.3. The normalized spacial score (nSPS) is 20.3. The second-order valence-corrected chi connectivity index (χ2v) is 6.65. The summed E-state index contributed by atoms with van der Waals surface area (Å²) in [6.45, 7) is 7.51. The largest absolute Gasteiger partial charge is 0.444 e. The maximum absolute atomic E-state index is 12.1. The summed E-state index contributed by atoms with van der Waals surface area (Å²) in [6, 6.07) is 0. The van der Waals surface area contributed by atoms with Crippen LogP contribution in [0.5, 0.6) is 0 Å². The Hall–Kier alpha value is -0.730. The van der Waals surface area contributed by atoms with Gasteiger partial charge in [-0.2, -0.15) is 0 Å². The molecule has 3 nitrogen and oxygen atoms in total. The number of hydrogen-bond donors (Lipinski definition) is 0. The van der Waals surface area contributed by atoms with Crippen molar-refractivity contribution in [1.29, 1.82) is 0 Å². The van der Waals surface area contributed by atoms with Crippen LogP contribution < -0.4 is 0 Å². The van der Waals surface area contributed by atoms with Crippen LogP contribution in [0.3, 0.4) is 0 Å². The van der Waals surface area contributed by atoms with E-state index in [0.29, 0.717) is 0 Å². The van der Waals surface area contributed by atoms with Crippen LogP contribution in [0.1, 0.15) is 78.6 Å². The maximum Gasteiger partial charge on any atom is 0.410 e. The third-order valence-corrected chi connectivity index (χ3v) is 3.51. The summed E-state index contributed by atoms with van der Waals surface area (Å²) in [7, 11) is 0. The summed E-state index contributed by atoms with van der Waals surface area (Å²) >= 11 is 0. The maximum atomic E-state index is 12.1. The van der Waals surface area contributed by atoms with Crippen molar-refractivity contribution in [2.75, 3.05) is 13.1 Å². The Morgan fingerprint density at radius 3 is 1.53 bits per heavy atom. The Balaban J connectivity index is 2.44. The van der Waals surface area contributed by atoms with E-state index in [1.807, 2.05) is 25.7 Å². The Morgan fingerprint density at radius 1 is 0.789 bits per heavy atom. The average Bonchev–Trinajstić information content (AvgIpc) is 2.27. The molecule has 0 aromatic carbocycles. The van der Waals surface area contributed by atoms with Crippen molar-refractivity contribution >= 4 is 6.09 Å². The zero-order chi connectivity index (χ0) is 14.1. The Morgan fingerprint density at radius 2 is 1.16 bits per heavy atom. The Kier molecular flexibility index (Phi) is 7.25. The number of nitrogens with zero attached hydrogens (tertiary/aromatic N) is 1. The molecule has 112 valence electrons. The van der Waals surface area contributed by atoms with Gasteiger partial charge in [0.2, 0.25) is 0 Å². The lowest BCUT2D eigenvalue weighted by molar-refractivity contribution is 0.0243. The van der Waals surface area contributed by atoms with Crippen molar-refractivity contribution < 1.29 is 9.53 Å². The van der Waals surface area contributed by atoms with Crippen molar-refractivity contribution in [1.82, 2.24) is 4.90 Å². The molecule has 19 heavy (non-hydrogen) atoms. The van der Waals surface area contributed by atoms with Crippen LogP contribution in [0.15, 0.2) is 0 Å². The minimum Gasteiger partial charge on any atom is -0.444 e. The molecule has 1 amide bonds. The van der Waals surface area contributed by atoms with Crippen LogP contribution in [0, 0.1) is 0 Å². The summed E-state index contributed by atoms with van der Waals surface area (Å²) < 4.78 is 5.49. The fraction of sp³-hybridized carbons (Fsp3) is 0.938. The molecule has 0 atom stereocenters. The fourth-order valence-corrected chi connectivity index (χ4v) is 2.46. The van der Waals surface area contributed by atoms with Gasteiger partial charge in [0.1, 0.15) is 5.60 Å². The van der Waals surface area contributed by atoms with E-state index < -0.39 is 0 Å². The molecule has 0 aliphatic carbocycles. The van der Waals surface area contributed by atoms with Gasteiger partial charge in [-0.3, -0.25) is 0 Å². The van der Waals surface area contributed by atoms with Gasteiger partial charge < -0.3 is 9.64 Å². The van der Waals surface area contributed by atoms with Crippen LogP contribution in [0.25, 0.3) is 0 Å². The predicted molar refractivity (Wildman–Crippen MR) is 79.4 cm³/mol. The molecule has 1 fully saturated rings. The lowest BCUT2D eigenvalue weighted by atomic mass is 10.1. The Labute approximate surface area is 118 Å². The molecule has 0 unspecified atom stereocenters. The molecule has 1 heterocycles. The lowest BCUT2D eigenvalue weighted by Gasteiger charge is -2.27. The van der Waals surface area contributed by atoms with Crippen LogP contribution in [-0.4, -0.2) is 29.7 Å². The Bertz CT molecular complexity index is 246. The third kappa shape index (κ3) is 8.12. The number of hydrogen-bond acceptors (Lipinski definition) is 2. The first-order valence-electron chi connectivity index (χ1n) is 7.97. The molecule has 0 saturated carbocycles. The SMILES string of the molecule is CC(C)(C)OC(=O)N1CCCCCCCCCCC1. The highest BCUT2D eigenvalue weighted by atomic mass is 16.6. The monoisotopic (exact) mass is 269 g/mol. The van der Waals surface area contributed by atoms with Crippen molar-refractivity contribution in [2.24, 2.45) is 0 Å². The molecular formula is C16H31NO2. The molecular weight excluding hydrogens is 238 g/mol. The van der Waals surface area contributed by atoms with Crippen LogP contribution in [0.4, 0.5) is 4.79 Å². The number of rotatable bonds is 0. The van der Waals surface area contributed by atoms with Crippen molar-refractivity contribution in [3.05, 3.63) is 0 Å². The van der Waals surface area contributed by atoms with E-state index in [9.17, 15) is 4.79 Å². The minimum absolute atomic E-state index is 0.135. The summed E-state index contributed by atoms with van der Waals surface area (Å²) in [5.41, 5.74) is -0.388. The third-order valence-electron chi connectivity index (χ3n) is 3.51. The van der Waals surface area contributed by atoms with Gasteiger partial charge in [0.05, 0.1) is 0 Å². The second kappa shape index (κ2) is 8.44. The quantitative estimate of drug-likeness (QED) is 0.635. The number of amides is 1. The van der Waals surface area contributed by atoms with Crippen LogP contribution in [0.2, 0.25) is 0 Å². The molecule has 1 aliphatic rings. The highest BCUT2D eigenvalue weighted by Crippen LogP contribution is 2.15. The smallest absolute Gasteiger partial charge is 0.410 e. The second-order valence-electron chi connectivity index (χ2n) is 6.65. The van der Waals surface area contributed by atoms with Crippen LogP contribution >= 0.6 is 0 Å². The van der Waals surface area contributed by atoms with E-state index >= 15 is 0 Å². The summed E-state index contributed by atoms with van der Waals surface area (Å²) in [4.78, 5) is 14.0. The molecule has 0 aromatic heterocycles. The van der Waals surface area contributed by atoms with E-state index in [1.54, 1.807) is 0 Å². The van der Waals surface area contributed by atoms with E-state index in [2.05, 4.69) is 0 Å². The topological polar surface area (TPSA) is 29.5 Å².